The van der Waals surface area contributed by atoms with Crippen LogP contribution >= 0.6 is 11.8 Å². The highest BCUT2D eigenvalue weighted by Gasteiger charge is 2.51. The van der Waals surface area contributed by atoms with Crippen molar-refractivity contribution in [3.63, 3.8) is 0 Å². The predicted molar refractivity (Wildman–Crippen MR) is 165 cm³/mol. The quantitative estimate of drug-likeness (QED) is 0.255. The van der Waals surface area contributed by atoms with E-state index < -0.39 is 15.9 Å². The lowest BCUT2D eigenvalue weighted by Crippen LogP contribution is -2.48. The van der Waals surface area contributed by atoms with Crippen LogP contribution < -0.4 is 14.4 Å². The van der Waals surface area contributed by atoms with Gasteiger partial charge in [0.2, 0.25) is 5.91 Å². The van der Waals surface area contributed by atoms with Crippen molar-refractivity contribution in [2.45, 2.75) is 60.7 Å². The van der Waals surface area contributed by atoms with E-state index in [-0.39, 0.29) is 11.4 Å². The summed E-state index contributed by atoms with van der Waals surface area (Å²) in [7, 11) is -4.00. The van der Waals surface area contributed by atoms with Crippen LogP contribution in [0.5, 0.6) is 5.75 Å². The van der Waals surface area contributed by atoms with Crippen LogP contribution in [-0.4, -0.2) is 33.7 Å². The van der Waals surface area contributed by atoms with Gasteiger partial charge < -0.3 is 10.1 Å². The van der Waals surface area contributed by atoms with Gasteiger partial charge in [0.05, 0.1) is 17.2 Å². The largest absolute Gasteiger partial charge is 0.494 e. The number of carbonyl (C=O) groups excluding carboxylic acids is 1. The maximum absolute atomic E-state index is 13.8. The number of hydrogen-bond acceptors (Lipinski definition) is 5. The minimum atomic E-state index is -4.00. The topological polar surface area (TPSA) is 75.7 Å². The first kappa shape index (κ1) is 28.2. The highest BCUT2D eigenvalue weighted by atomic mass is 32.2. The zero-order valence-corrected chi connectivity index (χ0v) is 25.3. The second-order valence-corrected chi connectivity index (χ2v) is 14.7. The summed E-state index contributed by atoms with van der Waals surface area (Å²) >= 11 is 1.54. The van der Waals surface area contributed by atoms with Crippen molar-refractivity contribution >= 4 is 39.1 Å². The van der Waals surface area contributed by atoms with Gasteiger partial charge in [0.1, 0.15) is 12.3 Å². The first-order chi connectivity index (χ1) is 19.8. The molecule has 3 aromatic carbocycles. The van der Waals surface area contributed by atoms with Crippen molar-refractivity contribution in [1.29, 1.82) is 0 Å². The number of carbonyl (C=O) groups is 1. The van der Waals surface area contributed by atoms with Gasteiger partial charge in [0, 0.05) is 10.6 Å². The number of benzene rings is 3. The van der Waals surface area contributed by atoms with E-state index in [2.05, 4.69) is 17.4 Å². The molecular weight excluding hydrogens is 553 g/mol. The maximum atomic E-state index is 13.8. The van der Waals surface area contributed by atoms with E-state index in [0.717, 1.165) is 27.0 Å². The van der Waals surface area contributed by atoms with Crippen LogP contribution in [0.2, 0.25) is 0 Å². The van der Waals surface area contributed by atoms with Gasteiger partial charge in [-0.1, -0.05) is 12.1 Å². The van der Waals surface area contributed by atoms with Gasteiger partial charge in [-0.2, -0.15) is 0 Å². The Morgan fingerprint density at radius 3 is 2.02 bits per heavy atom. The summed E-state index contributed by atoms with van der Waals surface area (Å²) in [6.07, 6.45) is 10.0. The number of nitrogens with one attached hydrogen (secondary N) is 1. The van der Waals surface area contributed by atoms with Gasteiger partial charge in [0.25, 0.3) is 10.0 Å². The lowest BCUT2D eigenvalue weighted by atomic mass is 9.48. The molecule has 216 valence electrons. The van der Waals surface area contributed by atoms with E-state index in [9.17, 15) is 13.2 Å². The molecule has 4 fully saturated rings. The molecule has 1 amide bonds. The lowest BCUT2D eigenvalue weighted by molar-refractivity contribution is -0.114. The molecule has 0 heterocycles. The van der Waals surface area contributed by atoms with E-state index in [1.807, 2.05) is 25.3 Å². The fourth-order valence-electron chi connectivity index (χ4n) is 7.77. The molecule has 41 heavy (non-hydrogen) atoms. The number of thioether (sulfide) groups is 1. The third-order valence-corrected chi connectivity index (χ3v) is 11.7. The molecule has 0 spiro atoms. The standard InChI is InChI=1S/C33H38N2O4S2/c1-3-39-29-10-8-28(9-11-29)35(41(37,38)31-14-12-30(40-2)13-15-31)22-32(36)34-27-6-4-26(5-7-27)33-19-23-16-24(20-33)18-25(17-23)21-33/h4-15,23-25H,3,16-22H2,1-2H3,(H,34,36). The summed E-state index contributed by atoms with van der Waals surface area (Å²) in [6.45, 7) is 2.05. The molecular formula is C33H38N2O4S2. The first-order valence-corrected chi connectivity index (χ1v) is 17.2. The molecule has 8 heteroatoms. The molecule has 4 aliphatic rings. The highest BCUT2D eigenvalue weighted by Crippen LogP contribution is 2.60. The summed E-state index contributed by atoms with van der Waals surface area (Å²) < 4.78 is 34.3. The second kappa shape index (κ2) is 11.4. The Balaban J connectivity index is 1.21. The smallest absolute Gasteiger partial charge is 0.264 e. The number of rotatable bonds is 10. The van der Waals surface area contributed by atoms with Crippen LogP contribution in [0, 0.1) is 17.8 Å². The number of amides is 1. The number of sulfonamides is 1. The number of nitrogens with zero attached hydrogens (tertiary/aromatic N) is 1. The van der Waals surface area contributed by atoms with E-state index in [4.69, 9.17) is 4.74 Å². The van der Waals surface area contributed by atoms with Gasteiger partial charge in [-0.3, -0.25) is 9.10 Å². The van der Waals surface area contributed by atoms with E-state index in [1.165, 1.54) is 44.1 Å². The number of anilines is 2. The number of ether oxygens (including phenoxy) is 1. The first-order valence-electron chi connectivity index (χ1n) is 14.6. The molecule has 7 rings (SSSR count). The van der Waals surface area contributed by atoms with Gasteiger partial charge in [-0.15, -0.1) is 11.8 Å². The van der Waals surface area contributed by atoms with Crippen LogP contribution in [0.1, 0.15) is 51.0 Å². The Bertz CT molecular complexity index is 1450. The SMILES string of the molecule is CCOc1ccc(N(CC(=O)Nc2ccc(C34CC5CC(CC(C5)C3)C4)cc2)S(=O)(=O)c2ccc(SC)cc2)cc1. The van der Waals surface area contributed by atoms with E-state index >= 15 is 0 Å². The average molecular weight is 591 g/mol. The average Bonchev–Trinajstić information content (AvgIpc) is 2.96. The van der Waals surface area contributed by atoms with Crippen LogP contribution in [0.15, 0.2) is 82.6 Å². The Hall–Kier alpha value is -2.97. The molecule has 0 atom stereocenters. The number of hydrogen-bond donors (Lipinski definition) is 1. The molecule has 4 aliphatic carbocycles. The Morgan fingerprint density at radius 2 is 1.49 bits per heavy atom. The minimum absolute atomic E-state index is 0.136. The fourth-order valence-corrected chi connectivity index (χ4v) is 9.60. The Kier molecular flexibility index (Phi) is 7.81. The van der Waals surface area contributed by atoms with Crippen molar-refractivity contribution in [1.82, 2.24) is 0 Å². The van der Waals surface area contributed by atoms with Crippen LogP contribution in [-0.2, 0) is 20.2 Å². The van der Waals surface area contributed by atoms with Crippen LogP contribution in [0.4, 0.5) is 11.4 Å². The van der Waals surface area contributed by atoms with Crippen molar-refractivity contribution in [2.75, 3.05) is 29.0 Å². The molecule has 3 aromatic rings. The summed E-state index contributed by atoms with van der Waals surface area (Å²) in [5.74, 6) is 2.85. The van der Waals surface area contributed by atoms with Crippen LogP contribution in [0.3, 0.4) is 0 Å². The van der Waals surface area contributed by atoms with Crippen molar-refractivity contribution in [2.24, 2.45) is 17.8 Å². The predicted octanol–water partition coefficient (Wildman–Crippen LogP) is 7.11. The third kappa shape index (κ3) is 5.73. The zero-order chi connectivity index (χ0) is 28.6. The zero-order valence-electron chi connectivity index (χ0n) is 23.7. The van der Waals surface area contributed by atoms with Gasteiger partial charge in [0.15, 0.2) is 0 Å². The van der Waals surface area contributed by atoms with Gasteiger partial charge in [-0.05, 0) is 141 Å². The summed E-state index contributed by atoms with van der Waals surface area (Å²) in [6, 6.07) is 21.8. The summed E-state index contributed by atoms with van der Waals surface area (Å²) in [4.78, 5) is 14.4. The summed E-state index contributed by atoms with van der Waals surface area (Å²) in [5.41, 5.74) is 2.76. The maximum Gasteiger partial charge on any atom is 0.264 e. The van der Waals surface area contributed by atoms with Crippen molar-refractivity contribution in [3.05, 3.63) is 78.4 Å². The fraction of sp³-hybridized carbons (Fsp3) is 0.424. The molecule has 4 saturated carbocycles. The monoisotopic (exact) mass is 590 g/mol. The third-order valence-electron chi connectivity index (χ3n) is 9.19. The van der Waals surface area contributed by atoms with Gasteiger partial charge in [-0.25, -0.2) is 8.42 Å². The molecule has 1 N–H and O–H groups in total. The normalized spacial score (nSPS) is 24.7. The van der Waals surface area contributed by atoms with E-state index in [1.54, 1.807) is 60.3 Å². The molecule has 6 nitrogen and oxygen atoms in total. The Labute approximate surface area is 247 Å². The van der Waals surface area contributed by atoms with Crippen molar-refractivity contribution in [3.8, 4) is 5.75 Å². The van der Waals surface area contributed by atoms with Crippen LogP contribution in [0.25, 0.3) is 0 Å². The molecule has 4 bridgehead atoms. The Morgan fingerprint density at radius 1 is 0.902 bits per heavy atom. The molecule has 0 aliphatic heterocycles. The second-order valence-electron chi connectivity index (χ2n) is 11.9. The lowest BCUT2D eigenvalue weighted by Gasteiger charge is -2.57. The van der Waals surface area contributed by atoms with E-state index in [0.29, 0.717) is 29.1 Å². The summed E-state index contributed by atoms with van der Waals surface area (Å²) in [5, 5.41) is 2.94. The molecule has 0 aromatic heterocycles. The molecule has 0 saturated heterocycles. The minimum Gasteiger partial charge on any atom is -0.494 e. The van der Waals surface area contributed by atoms with Crippen molar-refractivity contribution < 1.29 is 17.9 Å². The molecule has 0 unspecified atom stereocenters. The highest BCUT2D eigenvalue weighted by molar-refractivity contribution is 7.98. The molecule has 0 radical (unpaired) electrons. The van der Waals surface area contributed by atoms with Gasteiger partial charge >= 0.3 is 0 Å².